The maximum absolute atomic E-state index is 5.99. The van der Waals surface area contributed by atoms with Crippen molar-refractivity contribution in [3.63, 3.8) is 0 Å². The highest BCUT2D eigenvalue weighted by atomic mass is 16.5. The van der Waals surface area contributed by atoms with Crippen molar-refractivity contribution in [2.75, 3.05) is 14.2 Å². The van der Waals surface area contributed by atoms with Crippen LogP contribution in [0.25, 0.3) is 22.4 Å². The SMILES string of the molecule is COc1ccnc(COc2ccc(-c3c(-c4ccncc4)nn4c3CCC4)cc2)c1OC. The van der Waals surface area contributed by atoms with Crippen LogP contribution in [0.1, 0.15) is 17.8 Å². The number of pyridine rings is 2. The summed E-state index contributed by atoms with van der Waals surface area (Å²) in [5.41, 5.74) is 6.37. The van der Waals surface area contributed by atoms with E-state index >= 15 is 0 Å². The molecule has 0 unspecified atom stereocenters. The number of benzene rings is 1. The summed E-state index contributed by atoms with van der Waals surface area (Å²) in [6.45, 7) is 1.25. The molecule has 4 heterocycles. The van der Waals surface area contributed by atoms with Crippen LogP contribution in [0.2, 0.25) is 0 Å². The fourth-order valence-corrected chi connectivity index (χ4v) is 4.17. The molecule has 0 saturated carbocycles. The molecule has 4 aromatic rings. The quantitative estimate of drug-likeness (QED) is 0.430. The Morgan fingerprint density at radius 3 is 2.47 bits per heavy atom. The standard InChI is InChI=1S/C25H24N4O3/c1-30-22-11-14-27-20(25(22)31-2)16-32-19-7-5-17(6-8-19)23-21-4-3-15-29(21)28-24(23)18-9-12-26-13-10-18/h5-14H,3-4,15-16H2,1-2H3. The molecule has 0 aliphatic carbocycles. The van der Waals surface area contributed by atoms with Crippen molar-refractivity contribution >= 4 is 0 Å². The van der Waals surface area contributed by atoms with E-state index in [1.165, 1.54) is 11.3 Å². The molecule has 5 rings (SSSR count). The molecule has 0 radical (unpaired) electrons. The van der Waals surface area contributed by atoms with Crippen LogP contribution in [0, 0.1) is 0 Å². The van der Waals surface area contributed by atoms with Crippen LogP contribution in [0.15, 0.2) is 61.1 Å². The predicted molar refractivity (Wildman–Crippen MR) is 121 cm³/mol. The molecule has 1 aromatic carbocycles. The molecular weight excluding hydrogens is 404 g/mol. The third-order valence-corrected chi connectivity index (χ3v) is 5.68. The van der Waals surface area contributed by atoms with Crippen molar-refractivity contribution in [2.24, 2.45) is 0 Å². The number of fused-ring (bicyclic) bond motifs is 1. The summed E-state index contributed by atoms with van der Waals surface area (Å²) in [7, 11) is 3.21. The van der Waals surface area contributed by atoms with Crippen LogP contribution in [0.5, 0.6) is 17.2 Å². The van der Waals surface area contributed by atoms with Gasteiger partial charge in [-0.3, -0.25) is 14.6 Å². The smallest absolute Gasteiger partial charge is 0.185 e. The van der Waals surface area contributed by atoms with Crippen LogP contribution in [0.3, 0.4) is 0 Å². The zero-order valence-corrected chi connectivity index (χ0v) is 18.1. The molecule has 0 spiro atoms. The van der Waals surface area contributed by atoms with E-state index in [0.29, 0.717) is 17.2 Å². The number of ether oxygens (including phenoxy) is 3. The maximum Gasteiger partial charge on any atom is 0.185 e. The van der Waals surface area contributed by atoms with Gasteiger partial charge < -0.3 is 14.2 Å². The van der Waals surface area contributed by atoms with Gasteiger partial charge in [0.1, 0.15) is 23.7 Å². The highest BCUT2D eigenvalue weighted by Crippen LogP contribution is 2.38. The number of methoxy groups -OCH3 is 2. The molecule has 7 heteroatoms. The molecule has 0 bridgehead atoms. The van der Waals surface area contributed by atoms with Gasteiger partial charge in [0.15, 0.2) is 11.5 Å². The zero-order chi connectivity index (χ0) is 21.9. The van der Waals surface area contributed by atoms with Crippen molar-refractivity contribution in [3.8, 4) is 39.6 Å². The van der Waals surface area contributed by atoms with Crippen molar-refractivity contribution in [1.82, 2.24) is 19.7 Å². The Labute approximate surface area is 186 Å². The molecule has 0 saturated heterocycles. The first-order chi connectivity index (χ1) is 15.8. The minimum Gasteiger partial charge on any atom is -0.493 e. The van der Waals surface area contributed by atoms with Gasteiger partial charge in [0, 0.05) is 48.0 Å². The maximum atomic E-state index is 5.99. The van der Waals surface area contributed by atoms with Crippen LogP contribution in [0.4, 0.5) is 0 Å². The minimum absolute atomic E-state index is 0.283. The summed E-state index contributed by atoms with van der Waals surface area (Å²) in [6.07, 6.45) is 7.46. The molecule has 1 aliphatic rings. The third-order valence-electron chi connectivity index (χ3n) is 5.68. The average Bonchev–Trinajstić information content (AvgIpc) is 3.45. The van der Waals surface area contributed by atoms with E-state index in [1.54, 1.807) is 38.9 Å². The minimum atomic E-state index is 0.283. The fourth-order valence-electron chi connectivity index (χ4n) is 4.17. The van der Waals surface area contributed by atoms with Crippen molar-refractivity contribution < 1.29 is 14.2 Å². The number of rotatable bonds is 7. The summed E-state index contributed by atoms with van der Waals surface area (Å²) >= 11 is 0. The van der Waals surface area contributed by atoms with Gasteiger partial charge in [-0.05, 0) is 42.7 Å². The Bertz CT molecular complexity index is 1220. The molecule has 0 atom stereocenters. The van der Waals surface area contributed by atoms with Gasteiger partial charge in [-0.2, -0.15) is 5.10 Å². The Morgan fingerprint density at radius 1 is 0.906 bits per heavy atom. The lowest BCUT2D eigenvalue weighted by molar-refractivity contribution is 0.285. The molecule has 1 aliphatic heterocycles. The summed E-state index contributed by atoms with van der Waals surface area (Å²) in [5, 5.41) is 4.89. The van der Waals surface area contributed by atoms with Gasteiger partial charge >= 0.3 is 0 Å². The summed E-state index contributed by atoms with van der Waals surface area (Å²) in [5.74, 6) is 1.98. The second-order valence-corrected chi connectivity index (χ2v) is 7.54. The molecule has 0 amide bonds. The molecule has 3 aromatic heterocycles. The Morgan fingerprint density at radius 2 is 1.72 bits per heavy atom. The van der Waals surface area contributed by atoms with Crippen molar-refractivity contribution in [1.29, 1.82) is 0 Å². The van der Waals surface area contributed by atoms with Gasteiger partial charge in [0.2, 0.25) is 0 Å². The lowest BCUT2D eigenvalue weighted by atomic mass is 9.98. The topological polar surface area (TPSA) is 71.3 Å². The molecular formula is C25H24N4O3. The summed E-state index contributed by atoms with van der Waals surface area (Å²) < 4.78 is 18.9. The molecule has 7 nitrogen and oxygen atoms in total. The predicted octanol–water partition coefficient (Wildman–Crippen LogP) is 4.55. The Kier molecular flexibility index (Phi) is 5.46. The van der Waals surface area contributed by atoms with Crippen molar-refractivity contribution in [2.45, 2.75) is 26.0 Å². The molecule has 162 valence electrons. The fraction of sp³-hybridized carbons (Fsp3) is 0.240. The van der Waals surface area contributed by atoms with E-state index in [2.05, 4.69) is 26.8 Å². The number of aryl methyl sites for hydroxylation is 1. The van der Waals surface area contributed by atoms with Gasteiger partial charge in [-0.1, -0.05) is 12.1 Å². The summed E-state index contributed by atoms with van der Waals surface area (Å²) in [4.78, 5) is 8.51. The highest BCUT2D eigenvalue weighted by molar-refractivity contribution is 5.83. The number of nitrogens with zero attached hydrogens (tertiary/aromatic N) is 4. The first kappa shape index (κ1) is 20.1. The number of aromatic nitrogens is 4. The van der Waals surface area contributed by atoms with Crippen molar-refractivity contribution in [3.05, 3.63) is 72.4 Å². The monoisotopic (exact) mass is 428 g/mol. The average molecular weight is 428 g/mol. The van der Waals surface area contributed by atoms with Crippen LogP contribution >= 0.6 is 0 Å². The van der Waals surface area contributed by atoms with Crippen LogP contribution in [-0.2, 0) is 19.6 Å². The van der Waals surface area contributed by atoms with E-state index in [9.17, 15) is 0 Å². The van der Waals surface area contributed by atoms with E-state index < -0.39 is 0 Å². The molecule has 0 fully saturated rings. The highest BCUT2D eigenvalue weighted by Gasteiger charge is 2.23. The Hall–Kier alpha value is -3.87. The zero-order valence-electron chi connectivity index (χ0n) is 18.1. The lowest BCUT2D eigenvalue weighted by Gasteiger charge is -2.13. The van der Waals surface area contributed by atoms with Gasteiger partial charge in [0.25, 0.3) is 0 Å². The van der Waals surface area contributed by atoms with E-state index in [1.807, 2.05) is 24.3 Å². The van der Waals surface area contributed by atoms with Crippen LogP contribution < -0.4 is 14.2 Å². The first-order valence-electron chi connectivity index (χ1n) is 10.6. The van der Waals surface area contributed by atoms with E-state index in [-0.39, 0.29) is 6.61 Å². The second-order valence-electron chi connectivity index (χ2n) is 7.54. The first-order valence-corrected chi connectivity index (χ1v) is 10.6. The third kappa shape index (κ3) is 3.66. The molecule has 0 N–H and O–H groups in total. The van der Waals surface area contributed by atoms with Crippen LogP contribution in [-0.4, -0.2) is 34.0 Å². The normalized spacial score (nSPS) is 12.4. The van der Waals surface area contributed by atoms with Gasteiger partial charge in [0.05, 0.1) is 14.2 Å². The number of hydrogen-bond acceptors (Lipinski definition) is 6. The lowest BCUT2D eigenvalue weighted by Crippen LogP contribution is -2.03. The molecule has 32 heavy (non-hydrogen) atoms. The second kappa shape index (κ2) is 8.70. The largest absolute Gasteiger partial charge is 0.493 e. The van der Waals surface area contributed by atoms with E-state index in [0.717, 1.165) is 42.0 Å². The van der Waals surface area contributed by atoms with Gasteiger partial charge in [-0.15, -0.1) is 0 Å². The number of hydrogen-bond donors (Lipinski definition) is 0. The summed E-state index contributed by atoms with van der Waals surface area (Å²) in [6, 6.07) is 13.9. The van der Waals surface area contributed by atoms with E-state index in [4.69, 9.17) is 19.3 Å². The Balaban J connectivity index is 1.41. The van der Waals surface area contributed by atoms with Gasteiger partial charge in [-0.25, -0.2) is 0 Å².